The van der Waals surface area contributed by atoms with Crippen LogP contribution in [0.3, 0.4) is 0 Å². The van der Waals surface area contributed by atoms with E-state index in [-0.39, 0.29) is 11.7 Å². The first-order chi connectivity index (χ1) is 14.8. The molecule has 0 atom stereocenters. The first kappa shape index (κ1) is 19.3. The summed E-state index contributed by atoms with van der Waals surface area (Å²) in [5.41, 5.74) is 2.24. The van der Waals surface area contributed by atoms with Gasteiger partial charge in [-0.1, -0.05) is 54.9 Å². The lowest BCUT2D eigenvalue weighted by molar-refractivity contribution is -0.113. The number of hydrogen-bond acceptors (Lipinski definition) is 6. The van der Waals surface area contributed by atoms with Gasteiger partial charge in [0.05, 0.1) is 23.4 Å². The van der Waals surface area contributed by atoms with Crippen LogP contribution in [0.5, 0.6) is 0 Å². The fourth-order valence-electron chi connectivity index (χ4n) is 3.95. The summed E-state index contributed by atoms with van der Waals surface area (Å²) in [7, 11) is 0. The summed E-state index contributed by atoms with van der Waals surface area (Å²) in [5, 5.41) is 11.4. The second kappa shape index (κ2) is 8.57. The predicted molar refractivity (Wildman–Crippen MR) is 122 cm³/mol. The Morgan fingerprint density at radius 3 is 2.83 bits per heavy atom. The van der Waals surface area contributed by atoms with E-state index in [2.05, 4.69) is 37.9 Å². The zero-order chi connectivity index (χ0) is 20.3. The molecule has 1 aromatic carbocycles. The van der Waals surface area contributed by atoms with Crippen LogP contribution in [0.1, 0.15) is 31.7 Å². The Kier molecular flexibility index (Phi) is 5.50. The highest BCUT2D eigenvalue weighted by Gasteiger charge is 2.21. The van der Waals surface area contributed by atoms with Crippen molar-refractivity contribution in [3.63, 3.8) is 0 Å². The van der Waals surface area contributed by atoms with Gasteiger partial charge in [-0.2, -0.15) is 5.10 Å². The molecule has 6 nitrogen and oxygen atoms in total. The number of carbonyl (C=O) groups excluding carboxylic acids is 1. The Bertz CT molecular complexity index is 1160. The van der Waals surface area contributed by atoms with Gasteiger partial charge in [0, 0.05) is 17.0 Å². The average Bonchev–Trinajstić information content (AvgIpc) is 3.53. The van der Waals surface area contributed by atoms with E-state index in [4.69, 9.17) is 0 Å². The summed E-state index contributed by atoms with van der Waals surface area (Å²) in [6.07, 6.45) is 8.02. The maximum Gasteiger partial charge on any atom is 0.235 e. The van der Waals surface area contributed by atoms with Gasteiger partial charge in [0.1, 0.15) is 22.0 Å². The lowest BCUT2D eigenvalue weighted by Crippen LogP contribution is -2.19. The molecule has 0 saturated heterocycles. The molecule has 1 N–H and O–H groups in total. The van der Waals surface area contributed by atoms with E-state index < -0.39 is 0 Å². The Hall–Kier alpha value is -2.71. The number of benzene rings is 1. The number of nitrogens with zero attached hydrogens (tertiary/aromatic N) is 4. The van der Waals surface area contributed by atoms with Gasteiger partial charge in [-0.3, -0.25) is 4.79 Å². The molecule has 0 spiro atoms. The van der Waals surface area contributed by atoms with Crippen molar-refractivity contribution >= 4 is 45.0 Å². The Balaban J connectivity index is 1.33. The number of fused-ring (bicyclic) bond motifs is 1. The molecule has 8 heteroatoms. The standard InChI is InChI=1S/C22H21N5OS2/c28-19(26-18-10-11-25-27(18)16-8-4-5-9-16)13-30-22-20-17(15-6-2-1-3-7-15)12-29-21(20)23-14-24-22/h1-3,6-7,10-12,14,16H,4-5,8-9,13H2,(H,26,28). The number of nitrogens with one attached hydrogen (secondary N) is 1. The van der Waals surface area contributed by atoms with Crippen LogP contribution in [0.2, 0.25) is 0 Å². The molecule has 152 valence electrons. The third-order valence-electron chi connectivity index (χ3n) is 5.37. The van der Waals surface area contributed by atoms with E-state index in [1.165, 1.54) is 24.6 Å². The van der Waals surface area contributed by atoms with Crippen LogP contribution in [0.15, 0.2) is 59.3 Å². The van der Waals surface area contributed by atoms with E-state index >= 15 is 0 Å². The minimum atomic E-state index is -0.0528. The summed E-state index contributed by atoms with van der Waals surface area (Å²) < 4.78 is 1.96. The van der Waals surface area contributed by atoms with Gasteiger partial charge < -0.3 is 5.32 Å². The number of thiophene rings is 1. The van der Waals surface area contributed by atoms with Crippen molar-refractivity contribution in [2.24, 2.45) is 0 Å². The molecule has 1 aliphatic rings. The molecule has 0 bridgehead atoms. The second-order valence-electron chi connectivity index (χ2n) is 7.31. The van der Waals surface area contributed by atoms with Crippen LogP contribution >= 0.6 is 23.1 Å². The van der Waals surface area contributed by atoms with Crippen LogP contribution in [-0.2, 0) is 4.79 Å². The highest BCUT2D eigenvalue weighted by molar-refractivity contribution is 8.00. The average molecular weight is 436 g/mol. The molecule has 3 heterocycles. The van der Waals surface area contributed by atoms with Gasteiger partial charge in [-0.05, 0) is 18.4 Å². The quantitative estimate of drug-likeness (QED) is 0.324. The normalized spacial score (nSPS) is 14.4. The monoisotopic (exact) mass is 435 g/mol. The summed E-state index contributed by atoms with van der Waals surface area (Å²) in [4.78, 5) is 22.5. The maximum atomic E-state index is 12.7. The third kappa shape index (κ3) is 3.85. The highest BCUT2D eigenvalue weighted by Crippen LogP contribution is 2.38. The number of anilines is 1. The van der Waals surface area contributed by atoms with Crippen molar-refractivity contribution in [2.45, 2.75) is 36.8 Å². The van der Waals surface area contributed by atoms with Crippen molar-refractivity contribution in [1.82, 2.24) is 19.7 Å². The van der Waals surface area contributed by atoms with E-state index in [1.54, 1.807) is 23.9 Å². The molecule has 1 fully saturated rings. The largest absolute Gasteiger partial charge is 0.310 e. The van der Waals surface area contributed by atoms with Gasteiger partial charge in [0.2, 0.25) is 5.91 Å². The second-order valence-corrected chi connectivity index (χ2v) is 9.13. The molecule has 30 heavy (non-hydrogen) atoms. The molecule has 0 radical (unpaired) electrons. The minimum Gasteiger partial charge on any atom is -0.310 e. The first-order valence-corrected chi connectivity index (χ1v) is 11.9. The molecular weight excluding hydrogens is 414 g/mol. The summed E-state index contributed by atoms with van der Waals surface area (Å²) >= 11 is 3.05. The molecule has 1 aliphatic carbocycles. The van der Waals surface area contributed by atoms with Crippen LogP contribution in [-0.4, -0.2) is 31.4 Å². The predicted octanol–water partition coefficient (Wildman–Crippen LogP) is 5.40. The molecular formula is C22H21N5OS2. The number of thioether (sulfide) groups is 1. The van der Waals surface area contributed by atoms with E-state index in [1.807, 2.05) is 28.9 Å². The molecule has 5 rings (SSSR count). The van der Waals surface area contributed by atoms with Crippen LogP contribution in [0, 0.1) is 0 Å². The Morgan fingerprint density at radius 1 is 1.17 bits per heavy atom. The molecule has 1 saturated carbocycles. The molecule has 3 aromatic heterocycles. The summed E-state index contributed by atoms with van der Waals surface area (Å²) in [6.45, 7) is 0. The van der Waals surface area contributed by atoms with Crippen LogP contribution < -0.4 is 5.32 Å². The van der Waals surface area contributed by atoms with E-state index in [0.717, 1.165) is 45.0 Å². The topological polar surface area (TPSA) is 72.7 Å². The van der Waals surface area contributed by atoms with Gasteiger partial charge in [0.15, 0.2) is 0 Å². The molecule has 4 aromatic rings. The zero-order valence-electron chi connectivity index (χ0n) is 16.3. The van der Waals surface area contributed by atoms with Crippen LogP contribution in [0.25, 0.3) is 21.3 Å². The van der Waals surface area contributed by atoms with E-state index in [0.29, 0.717) is 6.04 Å². The van der Waals surface area contributed by atoms with Gasteiger partial charge in [-0.25, -0.2) is 14.6 Å². The van der Waals surface area contributed by atoms with Crippen molar-refractivity contribution in [2.75, 3.05) is 11.1 Å². The van der Waals surface area contributed by atoms with Crippen molar-refractivity contribution in [1.29, 1.82) is 0 Å². The van der Waals surface area contributed by atoms with Gasteiger partial charge >= 0.3 is 0 Å². The van der Waals surface area contributed by atoms with E-state index in [9.17, 15) is 4.79 Å². The molecule has 0 aliphatic heterocycles. The lowest BCUT2D eigenvalue weighted by Gasteiger charge is -2.14. The van der Waals surface area contributed by atoms with Crippen molar-refractivity contribution in [3.8, 4) is 11.1 Å². The molecule has 0 unspecified atom stereocenters. The number of aromatic nitrogens is 4. The number of carbonyl (C=O) groups is 1. The number of rotatable bonds is 6. The SMILES string of the molecule is O=C(CSc1ncnc2scc(-c3ccccc3)c12)Nc1ccnn1C1CCCC1. The smallest absolute Gasteiger partial charge is 0.235 e. The van der Waals surface area contributed by atoms with Crippen molar-refractivity contribution < 1.29 is 4.79 Å². The highest BCUT2D eigenvalue weighted by atomic mass is 32.2. The Morgan fingerprint density at radius 2 is 2.00 bits per heavy atom. The fourth-order valence-corrected chi connectivity index (χ4v) is 5.75. The van der Waals surface area contributed by atoms with Crippen LogP contribution in [0.4, 0.5) is 5.82 Å². The fraction of sp³-hybridized carbons (Fsp3) is 0.273. The Labute approximate surface area is 182 Å². The maximum absolute atomic E-state index is 12.7. The van der Waals surface area contributed by atoms with Gasteiger partial charge in [-0.15, -0.1) is 11.3 Å². The number of amides is 1. The lowest BCUT2D eigenvalue weighted by atomic mass is 10.1. The summed E-state index contributed by atoms with van der Waals surface area (Å²) in [5.74, 6) is 1.01. The minimum absolute atomic E-state index is 0.0528. The molecule has 1 amide bonds. The third-order valence-corrected chi connectivity index (χ3v) is 7.24. The first-order valence-electron chi connectivity index (χ1n) is 10.0. The van der Waals surface area contributed by atoms with Gasteiger partial charge in [0.25, 0.3) is 0 Å². The number of hydrogen-bond donors (Lipinski definition) is 1. The summed E-state index contributed by atoms with van der Waals surface area (Å²) in [6, 6.07) is 12.5. The van der Waals surface area contributed by atoms with Crippen molar-refractivity contribution in [3.05, 3.63) is 54.3 Å². The zero-order valence-corrected chi connectivity index (χ0v) is 18.0.